The van der Waals surface area contributed by atoms with Crippen LogP contribution in [0.4, 0.5) is 5.95 Å². The average Bonchev–Trinajstić information content (AvgIpc) is 2.96. The second-order valence-electron chi connectivity index (χ2n) is 7.81. The first-order valence-electron chi connectivity index (χ1n) is 9.10. The minimum absolute atomic E-state index is 0.0172. The summed E-state index contributed by atoms with van der Waals surface area (Å²) in [7, 11) is 0. The molecule has 1 saturated heterocycles. The summed E-state index contributed by atoms with van der Waals surface area (Å²) in [4.78, 5) is 19.4. The van der Waals surface area contributed by atoms with Crippen LogP contribution >= 0.6 is 0 Å². The zero-order valence-corrected chi connectivity index (χ0v) is 14.2. The van der Waals surface area contributed by atoms with Crippen molar-refractivity contribution in [3.8, 4) is 0 Å². The molecule has 0 radical (unpaired) electrons. The highest BCUT2D eigenvalue weighted by Gasteiger charge is 2.55. The third kappa shape index (κ3) is 2.34. The van der Waals surface area contributed by atoms with Gasteiger partial charge in [-0.3, -0.25) is 4.79 Å². The van der Waals surface area contributed by atoms with E-state index in [2.05, 4.69) is 29.2 Å². The number of aromatic nitrogens is 3. The maximum atomic E-state index is 12.9. The van der Waals surface area contributed by atoms with Crippen LogP contribution in [-0.2, 0) is 6.54 Å². The first-order chi connectivity index (χ1) is 11.1. The number of rotatable bonds is 2. The Hall–Kier alpha value is -1.59. The number of nitrogens with one attached hydrogen (secondary N) is 1. The van der Waals surface area contributed by atoms with Gasteiger partial charge in [-0.15, -0.1) is 5.10 Å². The number of fused-ring (bicyclic) bond motifs is 1. The van der Waals surface area contributed by atoms with Gasteiger partial charge in [0.25, 0.3) is 5.91 Å². The largest absolute Gasteiger partial charge is 0.354 e. The van der Waals surface area contributed by atoms with Gasteiger partial charge in [-0.1, -0.05) is 33.1 Å². The van der Waals surface area contributed by atoms with Crippen molar-refractivity contribution in [1.29, 1.82) is 0 Å². The highest BCUT2D eigenvalue weighted by atomic mass is 16.2. The van der Waals surface area contributed by atoms with Crippen LogP contribution in [0, 0.1) is 11.3 Å². The van der Waals surface area contributed by atoms with E-state index in [0.29, 0.717) is 23.2 Å². The van der Waals surface area contributed by atoms with Crippen molar-refractivity contribution in [3.05, 3.63) is 5.82 Å². The molecule has 1 N–H and O–H groups in total. The molecule has 126 valence electrons. The fourth-order valence-corrected chi connectivity index (χ4v) is 5.00. The van der Waals surface area contributed by atoms with Crippen molar-refractivity contribution in [2.45, 2.75) is 65.0 Å². The Morgan fingerprint density at radius 2 is 2.04 bits per heavy atom. The monoisotopic (exact) mass is 317 g/mol. The van der Waals surface area contributed by atoms with E-state index in [1.165, 1.54) is 32.1 Å². The Kier molecular flexibility index (Phi) is 3.58. The lowest BCUT2D eigenvalue weighted by atomic mass is 9.60. The molecule has 3 aliphatic rings. The molecule has 1 aromatic rings. The van der Waals surface area contributed by atoms with Crippen molar-refractivity contribution in [3.63, 3.8) is 0 Å². The van der Waals surface area contributed by atoms with Gasteiger partial charge < -0.3 is 10.2 Å². The molecule has 1 aliphatic carbocycles. The van der Waals surface area contributed by atoms with Crippen LogP contribution in [0.15, 0.2) is 0 Å². The lowest BCUT2D eigenvalue weighted by Gasteiger charge is -2.61. The van der Waals surface area contributed by atoms with Crippen LogP contribution in [0.3, 0.4) is 0 Å². The van der Waals surface area contributed by atoms with Crippen molar-refractivity contribution in [2.75, 3.05) is 18.4 Å². The Morgan fingerprint density at radius 1 is 1.26 bits per heavy atom. The van der Waals surface area contributed by atoms with E-state index < -0.39 is 0 Å². The summed E-state index contributed by atoms with van der Waals surface area (Å²) in [6, 6.07) is 0.351. The van der Waals surface area contributed by atoms with E-state index in [-0.39, 0.29) is 5.91 Å². The molecule has 1 amide bonds. The number of hydrogen-bond donors (Lipinski definition) is 1. The molecule has 2 aliphatic heterocycles. The van der Waals surface area contributed by atoms with E-state index in [1.807, 2.05) is 9.58 Å². The summed E-state index contributed by atoms with van der Waals surface area (Å²) in [5.74, 6) is 1.61. The van der Waals surface area contributed by atoms with Gasteiger partial charge in [0.1, 0.15) is 0 Å². The van der Waals surface area contributed by atoms with Gasteiger partial charge in [0.05, 0.1) is 0 Å². The number of likely N-dealkylation sites (tertiary alicyclic amines) is 1. The molecular formula is C17H27N5O. The van der Waals surface area contributed by atoms with Gasteiger partial charge in [0.2, 0.25) is 11.8 Å². The summed E-state index contributed by atoms with van der Waals surface area (Å²) < 4.78 is 1.83. The number of carbonyl (C=O) groups excluding carboxylic acids is 1. The Labute approximate surface area is 137 Å². The van der Waals surface area contributed by atoms with Gasteiger partial charge in [-0.05, 0) is 25.2 Å². The smallest absolute Gasteiger partial charge is 0.293 e. The predicted molar refractivity (Wildman–Crippen MR) is 88.3 cm³/mol. The molecule has 1 saturated carbocycles. The van der Waals surface area contributed by atoms with Crippen LogP contribution in [0.1, 0.15) is 63.0 Å². The lowest BCUT2D eigenvalue weighted by molar-refractivity contribution is -0.0947. The highest BCUT2D eigenvalue weighted by Crippen LogP contribution is 2.51. The fraction of sp³-hybridized carbons (Fsp3) is 0.824. The van der Waals surface area contributed by atoms with E-state index in [9.17, 15) is 4.79 Å². The molecule has 23 heavy (non-hydrogen) atoms. The summed E-state index contributed by atoms with van der Waals surface area (Å²) in [5, 5.41) is 7.66. The van der Waals surface area contributed by atoms with Crippen LogP contribution in [0.25, 0.3) is 0 Å². The van der Waals surface area contributed by atoms with Gasteiger partial charge in [0, 0.05) is 31.1 Å². The molecule has 2 fully saturated rings. The third-order valence-electron chi connectivity index (χ3n) is 5.88. The number of aryl methyl sites for hydroxylation is 1. The fourth-order valence-electron chi connectivity index (χ4n) is 5.00. The summed E-state index contributed by atoms with van der Waals surface area (Å²) in [6.07, 6.45) is 7.55. The number of nitrogens with zero attached hydrogens (tertiary/aromatic N) is 4. The lowest BCUT2D eigenvalue weighted by Crippen LogP contribution is -2.68. The second kappa shape index (κ2) is 5.49. The average molecular weight is 317 g/mol. The molecule has 0 bridgehead atoms. The number of hydrogen-bond acceptors (Lipinski definition) is 4. The predicted octanol–water partition coefficient (Wildman–Crippen LogP) is 2.52. The standard InChI is InChI=1S/C17H27N5O/c1-12(2)13-17(7-4-3-5-8-17)11-21(13)15(23)14-19-16-18-9-6-10-22(16)20-14/h12-13H,3-11H2,1-2H3,(H,18,19,20). The summed E-state index contributed by atoms with van der Waals surface area (Å²) in [6.45, 7) is 7.14. The van der Waals surface area contributed by atoms with Crippen molar-refractivity contribution in [1.82, 2.24) is 19.7 Å². The van der Waals surface area contributed by atoms with Gasteiger partial charge in [-0.2, -0.15) is 4.98 Å². The molecule has 1 atom stereocenters. The Bertz CT molecular complexity index is 579. The molecular weight excluding hydrogens is 290 g/mol. The molecule has 4 rings (SSSR count). The summed E-state index contributed by atoms with van der Waals surface area (Å²) >= 11 is 0. The van der Waals surface area contributed by atoms with Gasteiger partial charge in [0.15, 0.2) is 0 Å². The molecule has 6 heteroatoms. The number of carbonyl (C=O) groups is 1. The highest BCUT2D eigenvalue weighted by molar-refractivity contribution is 5.92. The van der Waals surface area contributed by atoms with Crippen LogP contribution in [0.5, 0.6) is 0 Å². The van der Waals surface area contributed by atoms with Crippen molar-refractivity contribution in [2.24, 2.45) is 11.3 Å². The van der Waals surface area contributed by atoms with Crippen LogP contribution in [-0.4, -0.2) is 44.7 Å². The molecule has 1 unspecified atom stereocenters. The van der Waals surface area contributed by atoms with Crippen molar-refractivity contribution >= 4 is 11.9 Å². The zero-order valence-electron chi connectivity index (χ0n) is 14.2. The molecule has 6 nitrogen and oxygen atoms in total. The molecule has 1 aromatic heterocycles. The maximum absolute atomic E-state index is 12.9. The zero-order chi connectivity index (χ0) is 16.0. The van der Waals surface area contributed by atoms with Crippen LogP contribution < -0.4 is 5.32 Å². The van der Waals surface area contributed by atoms with E-state index >= 15 is 0 Å². The minimum Gasteiger partial charge on any atom is -0.354 e. The summed E-state index contributed by atoms with van der Waals surface area (Å²) in [5.41, 5.74) is 0.361. The first-order valence-corrected chi connectivity index (χ1v) is 9.10. The van der Waals surface area contributed by atoms with E-state index in [1.54, 1.807) is 0 Å². The normalized spacial score (nSPS) is 25.9. The maximum Gasteiger partial charge on any atom is 0.293 e. The Morgan fingerprint density at radius 3 is 2.74 bits per heavy atom. The van der Waals surface area contributed by atoms with Crippen molar-refractivity contribution < 1.29 is 4.79 Å². The van der Waals surface area contributed by atoms with E-state index in [4.69, 9.17) is 0 Å². The third-order valence-corrected chi connectivity index (χ3v) is 5.88. The van der Waals surface area contributed by atoms with Crippen LogP contribution in [0.2, 0.25) is 0 Å². The molecule has 0 aromatic carbocycles. The second-order valence-corrected chi connectivity index (χ2v) is 7.81. The minimum atomic E-state index is 0.0172. The van der Waals surface area contributed by atoms with Gasteiger partial charge >= 0.3 is 0 Å². The van der Waals surface area contributed by atoms with E-state index in [0.717, 1.165) is 32.0 Å². The first kappa shape index (κ1) is 15.0. The number of amides is 1. The Balaban J connectivity index is 1.55. The van der Waals surface area contributed by atoms with Gasteiger partial charge in [-0.25, -0.2) is 4.68 Å². The number of anilines is 1. The molecule has 1 spiro atoms. The molecule has 3 heterocycles. The topological polar surface area (TPSA) is 63.1 Å². The SMILES string of the molecule is CC(C)C1N(C(=O)c2nc3n(n2)CCCN3)CC12CCCCC2. The quantitative estimate of drug-likeness (QED) is 0.910.